The van der Waals surface area contributed by atoms with E-state index in [2.05, 4.69) is 23.0 Å². The Balaban J connectivity index is 1.86. The summed E-state index contributed by atoms with van der Waals surface area (Å²) in [6, 6.07) is 10.4. The molecule has 3 aromatic rings. The van der Waals surface area contributed by atoms with Gasteiger partial charge in [0, 0.05) is 18.0 Å². The van der Waals surface area contributed by atoms with Crippen LogP contribution < -0.4 is 10.5 Å². The van der Waals surface area contributed by atoms with E-state index < -0.39 is 0 Å². The van der Waals surface area contributed by atoms with Crippen LogP contribution in [0, 0.1) is 11.3 Å². The molecule has 146 valence electrons. The lowest BCUT2D eigenvalue weighted by atomic mass is 9.83. The summed E-state index contributed by atoms with van der Waals surface area (Å²) in [7, 11) is 0. The van der Waals surface area contributed by atoms with Crippen LogP contribution in [0.1, 0.15) is 49.6 Å². The fourth-order valence-electron chi connectivity index (χ4n) is 3.69. The van der Waals surface area contributed by atoms with Gasteiger partial charge in [0.1, 0.15) is 18.0 Å². The molecule has 1 unspecified atom stereocenters. The van der Waals surface area contributed by atoms with Crippen molar-refractivity contribution in [1.82, 2.24) is 19.7 Å². The summed E-state index contributed by atoms with van der Waals surface area (Å²) in [6.45, 7) is 6.14. The van der Waals surface area contributed by atoms with Crippen molar-refractivity contribution in [3.63, 3.8) is 0 Å². The molecule has 1 aliphatic heterocycles. The average Bonchev–Trinajstić information content (AvgIpc) is 3.12. The van der Waals surface area contributed by atoms with Gasteiger partial charge in [0.25, 0.3) is 0 Å². The van der Waals surface area contributed by atoms with Gasteiger partial charge < -0.3 is 10.5 Å². The molecule has 0 spiro atoms. The SMILES string of the molecule is CCc1nn(C(C)C)c2c1C(c1ccc(-c3cncnc3)cc1)C(C#N)=C(N)O2. The molecule has 2 N–H and O–H groups in total. The number of benzene rings is 1. The molecule has 4 rings (SSSR count). The quantitative estimate of drug-likeness (QED) is 0.733. The Morgan fingerprint density at radius 1 is 1.17 bits per heavy atom. The maximum atomic E-state index is 9.82. The maximum Gasteiger partial charge on any atom is 0.224 e. The van der Waals surface area contributed by atoms with E-state index in [4.69, 9.17) is 15.6 Å². The number of nitrogens with two attached hydrogens (primary N) is 1. The fraction of sp³-hybridized carbons (Fsp3) is 0.273. The van der Waals surface area contributed by atoms with Crippen LogP contribution in [0.15, 0.2) is 54.4 Å². The zero-order chi connectivity index (χ0) is 20.5. The van der Waals surface area contributed by atoms with Crippen LogP contribution in [0.2, 0.25) is 0 Å². The van der Waals surface area contributed by atoms with E-state index in [0.717, 1.165) is 34.4 Å². The van der Waals surface area contributed by atoms with Gasteiger partial charge in [-0.3, -0.25) is 0 Å². The van der Waals surface area contributed by atoms with Gasteiger partial charge in [0.15, 0.2) is 0 Å². The van der Waals surface area contributed by atoms with Crippen LogP contribution in [-0.4, -0.2) is 19.7 Å². The Kier molecular flexibility index (Phi) is 4.77. The highest BCUT2D eigenvalue weighted by molar-refractivity contribution is 5.63. The third-order valence-corrected chi connectivity index (χ3v) is 5.11. The number of aryl methyl sites for hydroxylation is 1. The molecular weight excluding hydrogens is 364 g/mol. The Labute approximate surface area is 169 Å². The monoisotopic (exact) mass is 386 g/mol. The van der Waals surface area contributed by atoms with E-state index in [1.54, 1.807) is 12.4 Å². The average molecular weight is 386 g/mol. The molecule has 0 bridgehead atoms. The molecule has 7 heteroatoms. The molecule has 1 aliphatic rings. The number of fused-ring (bicyclic) bond motifs is 1. The molecule has 0 saturated heterocycles. The van der Waals surface area contributed by atoms with Gasteiger partial charge in [-0.2, -0.15) is 10.4 Å². The van der Waals surface area contributed by atoms with Crippen LogP contribution in [0.3, 0.4) is 0 Å². The standard InChI is InChI=1S/C22H22N6O/c1-4-18-20-19(15-7-5-14(6-8-15)16-10-25-12-26-11-16)17(9-23)21(24)29-22(20)28(27-18)13(2)3/h5-8,10-13,19H,4,24H2,1-3H3. The molecule has 29 heavy (non-hydrogen) atoms. The van der Waals surface area contributed by atoms with Crippen LogP contribution in [0.4, 0.5) is 0 Å². The highest BCUT2D eigenvalue weighted by Crippen LogP contribution is 2.45. The minimum atomic E-state index is -0.313. The summed E-state index contributed by atoms with van der Waals surface area (Å²) in [5.74, 6) is 0.446. The van der Waals surface area contributed by atoms with Crippen LogP contribution in [-0.2, 0) is 6.42 Å². The normalized spacial score (nSPS) is 15.8. The van der Waals surface area contributed by atoms with Gasteiger partial charge in [-0.05, 0) is 31.4 Å². The molecule has 0 radical (unpaired) electrons. The number of ether oxygens (including phenoxy) is 1. The summed E-state index contributed by atoms with van der Waals surface area (Å²) >= 11 is 0. The minimum Gasteiger partial charge on any atom is -0.422 e. The van der Waals surface area contributed by atoms with Crippen molar-refractivity contribution in [3.8, 4) is 23.1 Å². The molecule has 0 fully saturated rings. The van der Waals surface area contributed by atoms with Crippen molar-refractivity contribution >= 4 is 0 Å². The van der Waals surface area contributed by atoms with Crippen LogP contribution in [0.5, 0.6) is 5.88 Å². The lowest BCUT2D eigenvalue weighted by Crippen LogP contribution is -2.22. The number of rotatable bonds is 4. The first-order chi connectivity index (χ1) is 14.0. The minimum absolute atomic E-state index is 0.113. The van der Waals surface area contributed by atoms with E-state index in [9.17, 15) is 5.26 Å². The maximum absolute atomic E-state index is 9.82. The Hall–Kier alpha value is -3.66. The van der Waals surface area contributed by atoms with Gasteiger partial charge >= 0.3 is 0 Å². The number of nitrogens with zero attached hydrogens (tertiary/aromatic N) is 5. The summed E-state index contributed by atoms with van der Waals surface area (Å²) in [5, 5.41) is 14.6. The van der Waals surface area contributed by atoms with Crippen LogP contribution >= 0.6 is 0 Å². The first kappa shape index (κ1) is 18.7. The van der Waals surface area contributed by atoms with Crippen molar-refractivity contribution in [2.24, 2.45) is 5.73 Å². The first-order valence-electron chi connectivity index (χ1n) is 9.59. The Bertz CT molecular complexity index is 1110. The Morgan fingerprint density at radius 3 is 2.45 bits per heavy atom. The van der Waals surface area contributed by atoms with Crippen LogP contribution in [0.25, 0.3) is 11.1 Å². The molecule has 1 aromatic carbocycles. The van der Waals surface area contributed by atoms with Gasteiger partial charge in [-0.1, -0.05) is 31.2 Å². The molecule has 3 heterocycles. The Morgan fingerprint density at radius 2 is 1.86 bits per heavy atom. The van der Waals surface area contributed by atoms with Crippen molar-refractivity contribution in [2.45, 2.75) is 39.2 Å². The highest BCUT2D eigenvalue weighted by atomic mass is 16.5. The van der Waals surface area contributed by atoms with Crippen molar-refractivity contribution in [2.75, 3.05) is 0 Å². The first-order valence-corrected chi connectivity index (χ1v) is 9.59. The van der Waals surface area contributed by atoms with E-state index >= 15 is 0 Å². The second-order valence-corrected chi connectivity index (χ2v) is 7.23. The topological polar surface area (TPSA) is 103 Å². The van der Waals surface area contributed by atoms with Gasteiger partial charge in [-0.15, -0.1) is 0 Å². The zero-order valence-electron chi connectivity index (χ0n) is 16.6. The number of hydrogen-bond donors (Lipinski definition) is 1. The highest BCUT2D eigenvalue weighted by Gasteiger charge is 2.36. The summed E-state index contributed by atoms with van der Waals surface area (Å²) in [6.07, 6.45) is 5.79. The molecule has 1 atom stereocenters. The smallest absolute Gasteiger partial charge is 0.224 e. The summed E-state index contributed by atoms with van der Waals surface area (Å²) < 4.78 is 7.72. The second-order valence-electron chi connectivity index (χ2n) is 7.23. The second kappa shape index (κ2) is 7.40. The predicted molar refractivity (Wildman–Crippen MR) is 109 cm³/mol. The zero-order valence-corrected chi connectivity index (χ0v) is 16.6. The molecule has 0 saturated carbocycles. The summed E-state index contributed by atoms with van der Waals surface area (Å²) in [5.41, 5.74) is 11.3. The lowest BCUT2D eigenvalue weighted by Gasteiger charge is -2.25. The van der Waals surface area contributed by atoms with E-state index in [-0.39, 0.29) is 17.8 Å². The van der Waals surface area contributed by atoms with Gasteiger partial charge in [0.2, 0.25) is 11.8 Å². The molecular formula is C22H22N6O. The van der Waals surface area contributed by atoms with Crippen molar-refractivity contribution in [3.05, 3.63) is 71.3 Å². The number of hydrogen-bond acceptors (Lipinski definition) is 6. The number of aromatic nitrogens is 4. The third-order valence-electron chi connectivity index (χ3n) is 5.11. The van der Waals surface area contributed by atoms with Gasteiger partial charge in [-0.25, -0.2) is 14.6 Å². The lowest BCUT2D eigenvalue weighted by molar-refractivity contribution is 0.334. The molecule has 2 aromatic heterocycles. The summed E-state index contributed by atoms with van der Waals surface area (Å²) in [4.78, 5) is 8.15. The number of allylic oxidation sites excluding steroid dienone is 1. The van der Waals surface area contributed by atoms with Crippen molar-refractivity contribution < 1.29 is 4.74 Å². The van der Waals surface area contributed by atoms with Crippen molar-refractivity contribution in [1.29, 1.82) is 5.26 Å². The fourth-order valence-corrected chi connectivity index (χ4v) is 3.69. The van der Waals surface area contributed by atoms with E-state index in [1.165, 1.54) is 6.33 Å². The molecule has 7 nitrogen and oxygen atoms in total. The van der Waals surface area contributed by atoms with E-state index in [1.807, 2.05) is 42.8 Å². The largest absolute Gasteiger partial charge is 0.422 e. The third kappa shape index (κ3) is 3.13. The molecule has 0 aliphatic carbocycles. The molecule has 0 amide bonds. The predicted octanol–water partition coefficient (Wildman–Crippen LogP) is 3.70. The van der Waals surface area contributed by atoms with E-state index in [0.29, 0.717) is 11.5 Å². The number of nitriles is 1. The van der Waals surface area contributed by atoms with Gasteiger partial charge in [0.05, 0.1) is 23.2 Å².